The third-order valence-electron chi connectivity index (χ3n) is 5.86. The molecule has 154 valence electrons. The van der Waals surface area contributed by atoms with Crippen molar-refractivity contribution in [3.63, 3.8) is 0 Å². The molecular formula is C24H25N3O2S. The molecule has 5 rings (SSSR count). The quantitative estimate of drug-likeness (QED) is 0.607. The van der Waals surface area contributed by atoms with Crippen LogP contribution in [0.1, 0.15) is 50.6 Å². The second kappa shape index (κ2) is 7.90. The molecule has 2 fully saturated rings. The van der Waals surface area contributed by atoms with Gasteiger partial charge in [-0.15, -0.1) is 0 Å². The normalized spacial score (nSPS) is 17.6. The SMILES string of the molecule is O=S(=O)(NC1CC1)c1cccc(-c2cnc3[nH]c(C#CC4CCCCC4)cc3c2)c1. The van der Waals surface area contributed by atoms with Gasteiger partial charge in [0.1, 0.15) is 5.65 Å². The van der Waals surface area contributed by atoms with Gasteiger partial charge in [0.05, 0.1) is 10.6 Å². The Bertz CT molecular complexity index is 1240. The molecule has 0 unspecified atom stereocenters. The van der Waals surface area contributed by atoms with Crippen LogP contribution in [0.25, 0.3) is 22.2 Å². The van der Waals surface area contributed by atoms with E-state index in [4.69, 9.17) is 0 Å². The fourth-order valence-corrected chi connectivity index (χ4v) is 5.35. The van der Waals surface area contributed by atoms with Crippen molar-refractivity contribution in [2.24, 2.45) is 5.92 Å². The number of hydrogen-bond donors (Lipinski definition) is 2. The maximum absolute atomic E-state index is 12.5. The zero-order valence-corrected chi connectivity index (χ0v) is 17.6. The van der Waals surface area contributed by atoms with E-state index in [1.54, 1.807) is 24.4 Å². The second-order valence-electron chi connectivity index (χ2n) is 8.37. The smallest absolute Gasteiger partial charge is 0.240 e. The molecule has 0 aliphatic heterocycles. The number of nitrogens with one attached hydrogen (secondary N) is 2. The van der Waals surface area contributed by atoms with Gasteiger partial charge < -0.3 is 4.98 Å². The number of rotatable bonds is 4. The highest BCUT2D eigenvalue weighted by Crippen LogP contribution is 2.27. The molecule has 0 amide bonds. The van der Waals surface area contributed by atoms with Gasteiger partial charge in [0.25, 0.3) is 0 Å². The van der Waals surface area contributed by atoms with Gasteiger partial charge in [-0.25, -0.2) is 18.1 Å². The number of aromatic nitrogens is 2. The largest absolute Gasteiger partial charge is 0.333 e. The van der Waals surface area contributed by atoms with Crippen molar-refractivity contribution in [3.05, 3.63) is 48.3 Å². The third kappa shape index (κ3) is 4.28. The molecule has 0 bridgehead atoms. The molecule has 2 aromatic heterocycles. The van der Waals surface area contributed by atoms with Crippen LogP contribution < -0.4 is 4.72 Å². The number of H-pyrrole nitrogens is 1. The van der Waals surface area contributed by atoms with Crippen LogP contribution in [-0.2, 0) is 10.0 Å². The summed E-state index contributed by atoms with van der Waals surface area (Å²) in [6, 6.07) is 11.2. The van der Waals surface area contributed by atoms with E-state index in [9.17, 15) is 8.42 Å². The van der Waals surface area contributed by atoms with Crippen LogP contribution in [0.2, 0.25) is 0 Å². The van der Waals surface area contributed by atoms with E-state index in [1.165, 1.54) is 32.1 Å². The summed E-state index contributed by atoms with van der Waals surface area (Å²) in [5, 5.41) is 0.977. The monoisotopic (exact) mass is 419 g/mol. The molecule has 2 saturated carbocycles. The maximum atomic E-state index is 12.5. The lowest BCUT2D eigenvalue weighted by molar-refractivity contribution is 0.430. The van der Waals surface area contributed by atoms with E-state index < -0.39 is 10.0 Å². The van der Waals surface area contributed by atoms with Crippen molar-refractivity contribution in [2.45, 2.75) is 55.9 Å². The maximum Gasteiger partial charge on any atom is 0.240 e. The summed E-state index contributed by atoms with van der Waals surface area (Å²) in [7, 11) is -3.48. The highest BCUT2D eigenvalue weighted by atomic mass is 32.2. The molecule has 6 heteroatoms. The Morgan fingerprint density at radius 2 is 1.83 bits per heavy atom. The lowest BCUT2D eigenvalue weighted by Crippen LogP contribution is -2.25. The van der Waals surface area contributed by atoms with Gasteiger partial charge in [-0.05, 0) is 61.4 Å². The zero-order chi connectivity index (χ0) is 20.6. The minimum Gasteiger partial charge on any atom is -0.333 e. The van der Waals surface area contributed by atoms with Crippen molar-refractivity contribution in [1.29, 1.82) is 0 Å². The summed E-state index contributed by atoms with van der Waals surface area (Å²) in [6.07, 6.45) is 9.89. The summed E-state index contributed by atoms with van der Waals surface area (Å²) in [4.78, 5) is 8.11. The van der Waals surface area contributed by atoms with Gasteiger partial charge in [0.15, 0.2) is 0 Å². The molecular weight excluding hydrogens is 394 g/mol. The van der Waals surface area contributed by atoms with Gasteiger partial charge in [0, 0.05) is 29.1 Å². The number of fused-ring (bicyclic) bond motifs is 1. The Morgan fingerprint density at radius 1 is 1.00 bits per heavy atom. The van der Waals surface area contributed by atoms with Crippen molar-refractivity contribution < 1.29 is 8.42 Å². The summed E-state index contributed by atoms with van der Waals surface area (Å²) in [6.45, 7) is 0. The van der Waals surface area contributed by atoms with Gasteiger partial charge in [0.2, 0.25) is 10.0 Å². The lowest BCUT2D eigenvalue weighted by Gasteiger charge is -2.15. The number of sulfonamides is 1. The van der Waals surface area contributed by atoms with Gasteiger partial charge in [-0.3, -0.25) is 0 Å². The molecule has 30 heavy (non-hydrogen) atoms. The summed E-state index contributed by atoms with van der Waals surface area (Å²) < 4.78 is 27.8. The van der Waals surface area contributed by atoms with Crippen LogP contribution in [-0.4, -0.2) is 24.4 Å². The van der Waals surface area contributed by atoms with E-state index in [1.807, 2.05) is 18.2 Å². The predicted molar refractivity (Wildman–Crippen MR) is 118 cm³/mol. The molecule has 0 radical (unpaired) electrons. The molecule has 3 aromatic rings. The van der Waals surface area contributed by atoms with Crippen molar-refractivity contribution in [2.75, 3.05) is 0 Å². The summed E-state index contributed by atoms with van der Waals surface area (Å²) in [5.41, 5.74) is 3.40. The molecule has 2 aliphatic carbocycles. The first kappa shape index (κ1) is 19.3. The first-order valence-corrected chi connectivity index (χ1v) is 12.2. The Morgan fingerprint density at radius 3 is 2.63 bits per heavy atom. The number of pyridine rings is 1. The van der Waals surface area contributed by atoms with Crippen LogP contribution in [0.3, 0.4) is 0 Å². The van der Waals surface area contributed by atoms with E-state index in [0.29, 0.717) is 10.8 Å². The van der Waals surface area contributed by atoms with Crippen molar-refractivity contribution >= 4 is 21.1 Å². The highest BCUT2D eigenvalue weighted by Gasteiger charge is 2.28. The minimum atomic E-state index is -3.48. The van der Waals surface area contributed by atoms with Crippen LogP contribution in [0.5, 0.6) is 0 Å². The molecule has 2 aliphatic rings. The third-order valence-corrected chi connectivity index (χ3v) is 7.38. The molecule has 2 N–H and O–H groups in total. The highest BCUT2D eigenvalue weighted by molar-refractivity contribution is 7.89. The van der Waals surface area contributed by atoms with Gasteiger partial charge >= 0.3 is 0 Å². The van der Waals surface area contributed by atoms with Crippen LogP contribution in [0.15, 0.2) is 47.5 Å². The number of nitrogens with zero attached hydrogens (tertiary/aromatic N) is 1. The summed E-state index contributed by atoms with van der Waals surface area (Å²) >= 11 is 0. The van der Waals surface area contributed by atoms with Crippen LogP contribution in [0, 0.1) is 17.8 Å². The first-order chi connectivity index (χ1) is 14.6. The fraction of sp³-hybridized carbons (Fsp3) is 0.375. The number of aromatic amines is 1. The van der Waals surface area contributed by atoms with E-state index in [2.05, 4.69) is 26.5 Å². The Labute approximate surface area is 177 Å². The minimum absolute atomic E-state index is 0.0877. The molecule has 2 heterocycles. The van der Waals surface area contributed by atoms with Crippen LogP contribution in [0.4, 0.5) is 0 Å². The predicted octanol–water partition coefficient (Wildman–Crippen LogP) is 4.60. The number of hydrogen-bond acceptors (Lipinski definition) is 3. The van der Waals surface area contributed by atoms with E-state index in [-0.39, 0.29) is 6.04 Å². The lowest BCUT2D eigenvalue weighted by atomic mass is 9.90. The number of benzene rings is 1. The molecule has 0 atom stereocenters. The Kier molecular flexibility index (Phi) is 5.10. The Hall–Kier alpha value is -2.62. The van der Waals surface area contributed by atoms with Crippen molar-refractivity contribution in [1.82, 2.24) is 14.7 Å². The second-order valence-corrected chi connectivity index (χ2v) is 10.1. The molecule has 1 aromatic carbocycles. The van der Waals surface area contributed by atoms with Crippen molar-refractivity contribution in [3.8, 4) is 23.0 Å². The molecule has 0 saturated heterocycles. The van der Waals surface area contributed by atoms with Gasteiger partial charge in [-0.2, -0.15) is 0 Å². The average molecular weight is 420 g/mol. The average Bonchev–Trinajstić information content (AvgIpc) is 3.47. The Balaban J connectivity index is 1.41. The molecule has 0 spiro atoms. The van der Waals surface area contributed by atoms with Gasteiger partial charge in [-0.1, -0.05) is 37.3 Å². The summed E-state index contributed by atoms with van der Waals surface area (Å²) in [5.74, 6) is 7.19. The standard InChI is InChI=1S/C24H25N3O2S/c28-30(29,27-21-11-12-21)23-8-4-7-18(15-23)20-13-19-14-22(26-24(19)25-16-20)10-9-17-5-2-1-3-6-17/h4,7-8,13-17,21,27H,1-3,5-6,11-12H2,(H,25,26). The first-order valence-electron chi connectivity index (χ1n) is 10.7. The van der Waals surface area contributed by atoms with Crippen LogP contribution >= 0.6 is 0 Å². The molecule has 5 nitrogen and oxygen atoms in total. The fourth-order valence-electron chi connectivity index (χ4n) is 4.00. The topological polar surface area (TPSA) is 74.8 Å². The zero-order valence-electron chi connectivity index (χ0n) is 16.8. The van der Waals surface area contributed by atoms with E-state index >= 15 is 0 Å². The van der Waals surface area contributed by atoms with E-state index in [0.717, 1.165) is 40.7 Å².